The third-order valence-corrected chi connectivity index (χ3v) is 13.3. The molecule has 1 unspecified atom stereocenters. The zero-order chi connectivity index (χ0) is 43.3. The van der Waals surface area contributed by atoms with Gasteiger partial charge in [0.15, 0.2) is 5.82 Å². The number of nitrogens with zero attached hydrogens (tertiary/aromatic N) is 6. The molecule has 5 heterocycles. The Balaban J connectivity index is 0.852. The van der Waals surface area contributed by atoms with Gasteiger partial charge in [0, 0.05) is 55.0 Å². The van der Waals surface area contributed by atoms with E-state index in [0.717, 1.165) is 100 Å². The van der Waals surface area contributed by atoms with E-state index in [2.05, 4.69) is 83.0 Å². The van der Waals surface area contributed by atoms with Crippen LogP contribution in [-0.4, -0.2) is 87.0 Å². The lowest BCUT2D eigenvalue weighted by atomic mass is 9.80. The van der Waals surface area contributed by atoms with Crippen LogP contribution in [0.4, 0.5) is 5.69 Å². The summed E-state index contributed by atoms with van der Waals surface area (Å²) in [5.41, 5.74) is 8.55. The van der Waals surface area contributed by atoms with Crippen LogP contribution in [0.5, 0.6) is 5.75 Å². The van der Waals surface area contributed by atoms with Crippen molar-refractivity contribution in [3.8, 4) is 17.0 Å². The molecule has 14 heteroatoms. The van der Waals surface area contributed by atoms with E-state index in [9.17, 15) is 14.4 Å². The molecule has 3 aliphatic rings. The van der Waals surface area contributed by atoms with E-state index in [1.807, 2.05) is 46.8 Å². The van der Waals surface area contributed by atoms with Crippen LogP contribution in [0.2, 0.25) is 0 Å². The molecule has 2 saturated heterocycles. The molecular weight excluding hydrogens is 783 g/mol. The maximum Gasteiger partial charge on any atom is 0.315 e. The SMILES string of the molecule is COc1cc2c(cc1N1CCN(C3CCC(c4ccc(C5CCC(=O)NC5=O)cc4)CC3)CC1)[nH]c1ncnc(-c3ccc([C@@H](C)NC(=O)c4nc(C(C)(C)C)no4)c(C)c3)c12. The number of hydrogen-bond donors (Lipinski definition) is 3. The molecule has 0 radical (unpaired) electrons. The minimum Gasteiger partial charge on any atom is -0.495 e. The van der Waals surface area contributed by atoms with Gasteiger partial charge in [-0.15, -0.1) is 0 Å². The number of methoxy groups -OCH3 is 1. The number of anilines is 1. The van der Waals surface area contributed by atoms with Gasteiger partial charge >= 0.3 is 11.8 Å². The van der Waals surface area contributed by atoms with Crippen LogP contribution < -0.4 is 20.3 Å². The first-order valence-electron chi connectivity index (χ1n) is 21.9. The zero-order valence-electron chi connectivity index (χ0n) is 36.4. The van der Waals surface area contributed by atoms with Crippen molar-refractivity contribution in [2.24, 2.45) is 0 Å². The number of amides is 3. The molecule has 6 aromatic rings. The van der Waals surface area contributed by atoms with Crippen molar-refractivity contribution in [2.75, 3.05) is 38.2 Å². The average molecular weight is 838 g/mol. The summed E-state index contributed by atoms with van der Waals surface area (Å²) in [5, 5.41) is 11.4. The normalized spacial score (nSPS) is 20.7. The number of aromatic nitrogens is 5. The third kappa shape index (κ3) is 8.03. The van der Waals surface area contributed by atoms with Gasteiger partial charge in [0.1, 0.15) is 17.7 Å². The van der Waals surface area contributed by atoms with Crippen LogP contribution in [0.3, 0.4) is 0 Å². The maximum absolute atomic E-state index is 13.0. The zero-order valence-corrected chi connectivity index (χ0v) is 36.4. The fourth-order valence-electron chi connectivity index (χ4n) is 9.75. The molecule has 2 aliphatic heterocycles. The summed E-state index contributed by atoms with van der Waals surface area (Å²) in [6, 6.07) is 19.3. The molecule has 1 aliphatic carbocycles. The minimum absolute atomic E-state index is 0.0518. The Bertz CT molecular complexity index is 2650. The monoisotopic (exact) mass is 837 g/mol. The van der Waals surface area contributed by atoms with Gasteiger partial charge in [0.05, 0.1) is 41.4 Å². The number of imide groups is 1. The van der Waals surface area contributed by atoms with Crippen LogP contribution in [0.25, 0.3) is 33.2 Å². The molecule has 14 nitrogen and oxygen atoms in total. The molecular formula is C48H55N9O5. The number of carbonyl (C=O) groups is 3. The molecule has 0 bridgehead atoms. The molecule has 3 aromatic carbocycles. The summed E-state index contributed by atoms with van der Waals surface area (Å²) in [5.74, 6) is 0.764. The highest BCUT2D eigenvalue weighted by Gasteiger charge is 2.32. The lowest BCUT2D eigenvalue weighted by Crippen LogP contribution is -2.51. The first kappa shape index (κ1) is 41.2. The number of benzene rings is 3. The van der Waals surface area contributed by atoms with Gasteiger partial charge in [-0.3, -0.25) is 24.6 Å². The number of aromatic amines is 1. The second kappa shape index (κ2) is 16.6. The molecule has 3 amide bonds. The molecule has 9 rings (SSSR count). The van der Waals surface area contributed by atoms with Crippen molar-refractivity contribution in [2.45, 2.75) is 102 Å². The number of rotatable bonds is 9. The summed E-state index contributed by atoms with van der Waals surface area (Å²) < 4.78 is 11.3. The van der Waals surface area contributed by atoms with Crippen molar-refractivity contribution in [3.63, 3.8) is 0 Å². The van der Waals surface area contributed by atoms with Gasteiger partial charge in [-0.05, 0) is 92.3 Å². The minimum atomic E-state index is -0.413. The summed E-state index contributed by atoms with van der Waals surface area (Å²) in [6.07, 6.45) is 7.22. The molecule has 322 valence electrons. The van der Waals surface area contributed by atoms with Gasteiger partial charge in [-0.1, -0.05) is 62.3 Å². The Morgan fingerprint density at radius 2 is 1.68 bits per heavy atom. The Morgan fingerprint density at radius 1 is 0.935 bits per heavy atom. The van der Waals surface area contributed by atoms with Gasteiger partial charge in [0.2, 0.25) is 11.8 Å². The second-order valence-corrected chi connectivity index (χ2v) is 18.3. The fraction of sp³-hybridized carbons (Fsp3) is 0.438. The smallest absolute Gasteiger partial charge is 0.315 e. The summed E-state index contributed by atoms with van der Waals surface area (Å²) in [7, 11) is 1.73. The number of ether oxygens (including phenoxy) is 1. The number of nitrogens with one attached hydrogen (secondary N) is 3. The lowest BCUT2D eigenvalue weighted by Gasteiger charge is -2.43. The van der Waals surface area contributed by atoms with E-state index in [1.165, 1.54) is 18.4 Å². The molecule has 3 N–H and O–H groups in total. The second-order valence-electron chi connectivity index (χ2n) is 18.3. The Hall–Kier alpha value is -6.15. The number of piperidine rings is 1. The first-order valence-corrected chi connectivity index (χ1v) is 21.9. The van der Waals surface area contributed by atoms with Crippen LogP contribution >= 0.6 is 0 Å². The number of piperazine rings is 1. The number of carbonyl (C=O) groups excluding carboxylic acids is 3. The topological polar surface area (TPSA) is 171 Å². The largest absolute Gasteiger partial charge is 0.495 e. The Kier molecular flexibility index (Phi) is 11.0. The lowest BCUT2D eigenvalue weighted by molar-refractivity contribution is -0.134. The van der Waals surface area contributed by atoms with E-state index >= 15 is 0 Å². The van der Waals surface area contributed by atoms with Crippen molar-refractivity contribution >= 4 is 45.3 Å². The van der Waals surface area contributed by atoms with Crippen molar-refractivity contribution in [1.82, 2.24) is 40.6 Å². The average Bonchev–Trinajstić information content (AvgIpc) is 3.92. The van der Waals surface area contributed by atoms with Gasteiger partial charge < -0.3 is 24.5 Å². The van der Waals surface area contributed by atoms with Crippen LogP contribution in [0.1, 0.15) is 123 Å². The van der Waals surface area contributed by atoms with E-state index in [0.29, 0.717) is 30.6 Å². The third-order valence-electron chi connectivity index (χ3n) is 13.3. The fourth-order valence-corrected chi connectivity index (χ4v) is 9.75. The molecule has 0 spiro atoms. The summed E-state index contributed by atoms with van der Waals surface area (Å²) in [4.78, 5) is 59.4. The highest BCUT2D eigenvalue weighted by atomic mass is 16.5. The van der Waals surface area contributed by atoms with Crippen LogP contribution in [0, 0.1) is 6.92 Å². The number of H-pyrrole nitrogens is 1. The molecule has 3 fully saturated rings. The highest BCUT2D eigenvalue weighted by molar-refractivity contribution is 6.13. The van der Waals surface area contributed by atoms with Crippen LogP contribution in [-0.2, 0) is 15.0 Å². The standard InChI is InChI=1S/C48H55N9O5/c1-27-23-32(13-16-34(27)28(2)51-45(60)46-54-47(55-62-46)48(3,4)5)42-41-36-24-39(61-6)38(25-37(36)52-43(41)50-26-49-42)57-21-19-56(20-22-57)33-14-11-30(12-15-33)29-7-9-31(10-8-29)35-17-18-40(58)53-44(35)59/h7-10,13,16,23-26,28,30,33,35H,11-12,14-15,17-22H2,1-6H3,(H,51,60)(H,49,50,52)(H,53,58,59)/t28-,30?,33?,35?/m1/s1. The van der Waals surface area contributed by atoms with Crippen molar-refractivity contribution in [3.05, 3.63) is 94.9 Å². The summed E-state index contributed by atoms with van der Waals surface area (Å²) in [6.45, 7) is 13.7. The first-order chi connectivity index (χ1) is 29.8. The number of fused-ring (bicyclic) bond motifs is 3. The molecule has 62 heavy (non-hydrogen) atoms. The van der Waals surface area contributed by atoms with E-state index in [4.69, 9.17) is 14.2 Å². The van der Waals surface area contributed by atoms with Crippen molar-refractivity contribution < 1.29 is 23.6 Å². The van der Waals surface area contributed by atoms with E-state index in [-0.39, 0.29) is 35.1 Å². The van der Waals surface area contributed by atoms with Crippen molar-refractivity contribution in [1.29, 1.82) is 0 Å². The molecule has 2 atom stereocenters. The van der Waals surface area contributed by atoms with Gasteiger partial charge in [0.25, 0.3) is 0 Å². The van der Waals surface area contributed by atoms with Gasteiger partial charge in [-0.2, -0.15) is 4.98 Å². The molecule has 3 aromatic heterocycles. The quantitative estimate of drug-likeness (QED) is 0.122. The predicted molar refractivity (Wildman–Crippen MR) is 237 cm³/mol. The Morgan fingerprint density at radius 3 is 2.35 bits per heavy atom. The summed E-state index contributed by atoms with van der Waals surface area (Å²) >= 11 is 0. The maximum atomic E-state index is 13.0. The van der Waals surface area contributed by atoms with Gasteiger partial charge in [-0.25, -0.2) is 9.97 Å². The number of hydrogen-bond acceptors (Lipinski definition) is 11. The predicted octanol–water partition coefficient (Wildman–Crippen LogP) is 7.64. The Labute approximate surface area is 361 Å². The van der Waals surface area contributed by atoms with Crippen LogP contribution in [0.15, 0.2) is 65.4 Å². The van der Waals surface area contributed by atoms with E-state index < -0.39 is 5.91 Å². The highest BCUT2D eigenvalue weighted by Crippen LogP contribution is 2.41. The molecule has 1 saturated carbocycles. The number of aryl methyl sites for hydroxylation is 1. The van der Waals surface area contributed by atoms with E-state index in [1.54, 1.807) is 13.4 Å².